The second kappa shape index (κ2) is 16.8. The number of esters is 1. The van der Waals surface area contributed by atoms with Crippen LogP contribution in [0.15, 0.2) is 140 Å². The molecular weight excluding hydrogens is 713 g/mol. The van der Waals surface area contributed by atoms with Crippen LogP contribution < -0.4 is 15.9 Å². The van der Waals surface area contributed by atoms with Gasteiger partial charge in [0, 0.05) is 37.7 Å². The fourth-order valence-electron chi connectivity index (χ4n) is 6.21. The molecule has 14 heteroatoms. The quantitative estimate of drug-likeness (QED) is 0.0440. The lowest BCUT2D eigenvalue weighted by atomic mass is 9.95. The molecule has 6 rings (SSSR count). The van der Waals surface area contributed by atoms with Crippen molar-refractivity contribution in [3.63, 3.8) is 0 Å². The molecule has 0 saturated carbocycles. The zero-order valence-electron chi connectivity index (χ0n) is 28.8. The number of nitrogens with zero attached hydrogens (tertiary/aromatic N) is 3. The zero-order chi connectivity index (χ0) is 38.1. The molecule has 0 spiro atoms. The summed E-state index contributed by atoms with van der Waals surface area (Å²) in [6.45, 7) is -3.45. The molecule has 13 nitrogen and oxygen atoms in total. The lowest BCUT2D eigenvalue weighted by Crippen LogP contribution is -2.59. The molecular formula is C40H34N3O10P. The molecule has 1 fully saturated rings. The largest absolute Gasteiger partial charge is 0.508 e. The standard InChI is InChI=1S/C40H34N3O10P/c44-37-31(24-25-51-40(46)53-28-30-18-22-33(23-19-30)43(49)50)26-41(37)38(39(45)52-27-29-16-20-32(21-17-29)42(47)48)54(34-10-4-1-5-11-34,35-12-6-2-7-13-35)36-14-8-3-9-15-36/h1-23,31H,24-28H2/t31-/m1/s1. The lowest BCUT2D eigenvalue weighted by Gasteiger charge is -2.43. The van der Waals surface area contributed by atoms with Crippen molar-refractivity contribution in [1.29, 1.82) is 0 Å². The number of amides is 1. The van der Waals surface area contributed by atoms with Crippen LogP contribution in [0.25, 0.3) is 0 Å². The Balaban J connectivity index is 1.29. The number of ether oxygens (including phenoxy) is 3. The van der Waals surface area contributed by atoms with Crippen LogP contribution in [0, 0.1) is 26.1 Å². The monoisotopic (exact) mass is 747 g/mol. The summed E-state index contributed by atoms with van der Waals surface area (Å²) in [7, 11) is 0. The normalized spacial score (nSPS) is 13.7. The maximum absolute atomic E-state index is 14.6. The van der Waals surface area contributed by atoms with Crippen LogP contribution in [0.3, 0.4) is 0 Å². The van der Waals surface area contributed by atoms with Crippen molar-refractivity contribution in [2.24, 2.45) is 5.92 Å². The molecule has 1 atom stereocenters. The first-order valence-electron chi connectivity index (χ1n) is 16.9. The van der Waals surface area contributed by atoms with Crippen LogP contribution >= 0.6 is 6.89 Å². The fraction of sp³-hybridized carbons (Fsp3) is 0.150. The van der Waals surface area contributed by atoms with Crippen molar-refractivity contribution >= 4 is 57.6 Å². The summed E-state index contributed by atoms with van der Waals surface area (Å²) in [6, 6.07) is 39.8. The predicted molar refractivity (Wildman–Crippen MR) is 202 cm³/mol. The molecule has 1 aliphatic rings. The fourth-order valence-corrected chi connectivity index (χ4v) is 10.6. The number of rotatable bonds is 14. The van der Waals surface area contributed by atoms with E-state index in [-0.39, 0.29) is 55.5 Å². The number of non-ortho nitro benzene ring substituents is 2. The van der Waals surface area contributed by atoms with Crippen molar-refractivity contribution < 1.29 is 38.4 Å². The Hall–Kier alpha value is -6.59. The van der Waals surface area contributed by atoms with Gasteiger partial charge in [0.05, 0.1) is 22.4 Å². The summed E-state index contributed by atoms with van der Waals surface area (Å²) in [5, 5.41) is 24.5. The van der Waals surface area contributed by atoms with Crippen LogP contribution in [0.2, 0.25) is 0 Å². The molecule has 0 aliphatic carbocycles. The third-order valence-electron chi connectivity index (χ3n) is 8.91. The number of hydrogen-bond donors (Lipinski definition) is 0. The molecule has 5 aromatic rings. The first-order chi connectivity index (χ1) is 26.2. The summed E-state index contributed by atoms with van der Waals surface area (Å²) in [4.78, 5) is 63.6. The summed E-state index contributed by atoms with van der Waals surface area (Å²) >= 11 is 0. The Morgan fingerprint density at radius 3 is 1.46 bits per heavy atom. The van der Waals surface area contributed by atoms with E-state index in [1.54, 1.807) is 0 Å². The maximum Gasteiger partial charge on any atom is 0.508 e. The van der Waals surface area contributed by atoms with E-state index >= 15 is 0 Å². The minimum absolute atomic E-state index is 0.0885. The number of β-lactam (4-membered cyclic amide) rings is 1. The van der Waals surface area contributed by atoms with Crippen LogP contribution in [0.1, 0.15) is 17.5 Å². The number of carbonyl (C=O) groups excluding carboxylic acids is 3. The van der Waals surface area contributed by atoms with Gasteiger partial charge in [-0.1, -0.05) is 91.0 Å². The number of hydrogen-bond acceptors (Lipinski definition) is 10. The second-order valence-corrected chi connectivity index (χ2v) is 15.6. The van der Waals surface area contributed by atoms with E-state index in [2.05, 4.69) is 0 Å². The first kappa shape index (κ1) is 37.2. The Kier molecular flexibility index (Phi) is 11.6. The molecule has 0 aromatic heterocycles. The maximum atomic E-state index is 14.6. The van der Waals surface area contributed by atoms with E-state index in [4.69, 9.17) is 14.2 Å². The molecule has 1 aliphatic heterocycles. The highest BCUT2D eigenvalue weighted by Gasteiger charge is 2.46. The van der Waals surface area contributed by atoms with Crippen LogP contribution in [0.4, 0.5) is 16.2 Å². The van der Waals surface area contributed by atoms with E-state index in [1.165, 1.54) is 53.4 Å². The van der Waals surface area contributed by atoms with Gasteiger partial charge in [-0.25, -0.2) is 9.59 Å². The molecule has 0 unspecified atom stereocenters. The van der Waals surface area contributed by atoms with Gasteiger partial charge in [-0.2, -0.15) is 0 Å². The molecule has 0 N–H and O–H groups in total. The number of likely N-dealkylation sites (tertiary alicyclic amines) is 1. The average Bonchev–Trinajstić information content (AvgIpc) is 3.21. The zero-order valence-corrected chi connectivity index (χ0v) is 29.7. The van der Waals surface area contributed by atoms with Crippen molar-refractivity contribution in [1.82, 2.24) is 4.90 Å². The highest BCUT2D eigenvalue weighted by molar-refractivity contribution is 7.96. The highest BCUT2D eigenvalue weighted by atomic mass is 31.2. The Morgan fingerprint density at radius 2 is 1.06 bits per heavy atom. The molecule has 0 bridgehead atoms. The number of nitro benzene ring substituents is 2. The van der Waals surface area contributed by atoms with Crippen molar-refractivity contribution in [3.05, 3.63) is 171 Å². The molecule has 1 amide bonds. The van der Waals surface area contributed by atoms with Crippen molar-refractivity contribution in [3.8, 4) is 0 Å². The van der Waals surface area contributed by atoms with Gasteiger partial charge in [0.1, 0.15) is 18.6 Å². The SMILES string of the molecule is O=C(OCC[C@@H]1CN(C(C(=O)OCc2ccc([N+](=O)[O-])cc2)=P(c2ccccc2)(c2ccccc2)c2ccccc2)C1=O)OCc1ccc([N+](=O)[O-])cc1. The Labute approximate surface area is 310 Å². The smallest absolute Gasteiger partial charge is 0.456 e. The number of carbonyl (C=O) groups is 3. The lowest BCUT2D eigenvalue weighted by molar-refractivity contribution is -0.385. The molecule has 0 radical (unpaired) electrons. The third kappa shape index (κ3) is 8.06. The minimum atomic E-state index is -3.12. The molecule has 1 heterocycles. The third-order valence-corrected chi connectivity index (χ3v) is 13.2. The first-order valence-corrected chi connectivity index (χ1v) is 18.7. The van der Waals surface area contributed by atoms with E-state index < -0.39 is 34.8 Å². The van der Waals surface area contributed by atoms with Crippen molar-refractivity contribution in [2.45, 2.75) is 19.6 Å². The summed E-state index contributed by atoms with van der Waals surface area (Å²) < 4.78 is 16.3. The minimum Gasteiger partial charge on any atom is -0.456 e. The van der Waals surface area contributed by atoms with Gasteiger partial charge < -0.3 is 19.1 Å². The Morgan fingerprint density at radius 1 is 0.630 bits per heavy atom. The Bertz CT molecular complexity index is 2100. The van der Waals surface area contributed by atoms with Crippen LogP contribution in [0.5, 0.6) is 0 Å². The summed E-state index contributed by atoms with van der Waals surface area (Å²) in [5.41, 5.74) is 1.06. The average molecular weight is 748 g/mol. The van der Waals surface area contributed by atoms with Gasteiger partial charge >= 0.3 is 12.1 Å². The van der Waals surface area contributed by atoms with E-state index in [1.807, 2.05) is 91.0 Å². The van der Waals surface area contributed by atoms with Gasteiger partial charge in [-0.15, -0.1) is 0 Å². The second-order valence-electron chi connectivity index (χ2n) is 12.2. The highest BCUT2D eigenvalue weighted by Crippen LogP contribution is 2.48. The van der Waals surface area contributed by atoms with Gasteiger partial charge in [0.2, 0.25) is 5.91 Å². The van der Waals surface area contributed by atoms with Gasteiger partial charge in [0.15, 0.2) is 0 Å². The van der Waals surface area contributed by atoms with Crippen LogP contribution in [-0.2, 0) is 37.0 Å². The molecule has 5 aromatic carbocycles. The van der Waals surface area contributed by atoms with Gasteiger partial charge in [-0.05, 0) is 57.7 Å². The van der Waals surface area contributed by atoms with Crippen molar-refractivity contribution in [2.75, 3.05) is 13.2 Å². The van der Waals surface area contributed by atoms with Crippen LogP contribution in [-0.4, -0.2) is 51.3 Å². The molecule has 274 valence electrons. The van der Waals surface area contributed by atoms with E-state index in [9.17, 15) is 34.6 Å². The van der Waals surface area contributed by atoms with E-state index in [0.717, 1.165) is 15.9 Å². The summed E-state index contributed by atoms with van der Waals surface area (Å²) in [5.74, 6) is -1.63. The van der Waals surface area contributed by atoms with Gasteiger partial charge in [-0.3, -0.25) is 25.0 Å². The summed E-state index contributed by atoms with van der Waals surface area (Å²) in [6.07, 6.45) is -0.790. The number of nitro groups is 2. The van der Waals surface area contributed by atoms with Gasteiger partial charge in [0.25, 0.3) is 11.4 Å². The predicted octanol–water partition coefficient (Wildman–Crippen LogP) is 5.87. The number of benzene rings is 5. The topological polar surface area (TPSA) is 168 Å². The molecule has 54 heavy (non-hydrogen) atoms. The van der Waals surface area contributed by atoms with E-state index in [0.29, 0.717) is 11.1 Å². The molecule has 1 saturated heterocycles.